The Bertz CT molecular complexity index is 1120. The van der Waals surface area contributed by atoms with Crippen molar-refractivity contribution in [2.45, 2.75) is 334 Å². The molecule has 0 saturated heterocycles. The van der Waals surface area contributed by atoms with Crippen LogP contribution < -0.4 is 5.32 Å². The molecule has 68 heavy (non-hydrogen) atoms. The molecule has 4 heteroatoms. The number of allylic oxidation sites excluding steroid dienone is 9. The number of unbranched alkanes of at least 4 members (excludes halogenated alkanes) is 41. The summed E-state index contributed by atoms with van der Waals surface area (Å²) >= 11 is 0. The van der Waals surface area contributed by atoms with Gasteiger partial charge in [-0.2, -0.15) is 0 Å². The number of rotatable bonds is 56. The van der Waals surface area contributed by atoms with Crippen LogP contribution in [0.15, 0.2) is 60.8 Å². The number of hydrogen-bond donors (Lipinski definition) is 3. The lowest BCUT2D eigenvalue weighted by molar-refractivity contribution is -0.123. The third-order valence-corrected chi connectivity index (χ3v) is 14.0. The van der Waals surface area contributed by atoms with E-state index >= 15 is 0 Å². The molecule has 3 N–H and O–H groups in total. The first-order valence-electron chi connectivity index (χ1n) is 30.5. The van der Waals surface area contributed by atoms with E-state index in [1.807, 2.05) is 6.08 Å². The van der Waals surface area contributed by atoms with Gasteiger partial charge >= 0.3 is 0 Å². The minimum atomic E-state index is -0.866. The molecule has 0 aromatic carbocycles. The SMILES string of the molecule is CCCCCCC/C=C\C/C=C\C/C=C\CCCCCCCCCCCCCCCCC(=O)NC(CO)C(O)/C=C/CC/C=C/CCCCCCCCCCCCCCCCCCCCCCC. The highest BCUT2D eigenvalue weighted by Gasteiger charge is 2.18. The van der Waals surface area contributed by atoms with Gasteiger partial charge in [-0.1, -0.05) is 306 Å². The average molecular weight is 951 g/mol. The lowest BCUT2D eigenvalue weighted by atomic mass is 10.0. The molecule has 4 nitrogen and oxygen atoms in total. The van der Waals surface area contributed by atoms with E-state index in [4.69, 9.17) is 0 Å². The van der Waals surface area contributed by atoms with Crippen molar-refractivity contribution in [3.63, 3.8) is 0 Å². The van der Waals surface area contributed by atoms with Gasteiger partial charge in [0, 0.05) is 6.42 Å². The fourth-order valence-corrected chi connectivity index (χ4v) is 9.32. The van der Waals surface area contributed by atoms with E-state index in [1.54, 1.807) is 6.08 Å². The van der Waals surface area contributed by atoms with Gasteiger partial charge in [0.05, 0.1) is 18.8 Å². The minimum absolute atomic E-state index is 0.0719. The summed E-state index contributed by atoms with van der Waals surface area (Å²) in [6.45, 7) is 4.32. The molecule has 0 fully saturated rings. The van der Waals surface area contributed by atoms with Crippen LogP contribution in [-0.2, 0) is 4.79 Å². The molecule has 2 atom stereocenters. The standard InChI is InChI=1S/C64H119NO3/c1-3-5-7-9-11-13-15-17-19-21-23-25-27-29-31-32-34-36-38-40-42-44-46-48-50-52-54-56-58-60-64(68)65-62(61-66)63(67)59-57-55-53-51-49-47-45-43-41-39-37-35-33-30-28-26-24-22-20-18-16-14-12-10-8-6-4-2/h15,17,21,23,27,29,49,51,57,59,62-63,66-67H,3-14,16,18-20,22,24-26,28,30-48,50,52-56,58,60-61H2,1-2H3,(H,65,68)/b17-15-,23-21-,29-27-,51-49+,59-57+. The Labute approximate surface area is 426 Å². The van der Waals surface area contributed by atoms with Crippen LogP contribution in [-0.4, -0.2) is 34.9 Å². The average Bonchev–Trinajstić information content (AvgIpc) is 3.34. The summed E-state index contributed by atoms with van der Waals surface area (Å²) < 4.78 is 0. The Morgan fingerprint density at radius 2 is 0.618 bits per heavy atom. The molecule has 0 aliphatic heterocycles. The number of nitrogens with one attached hydrogen (secondary N) is 1. The van der Waals surface area contributed by atoms with Gasteiger partial charge in [0.25, 0.3) is 0 Å². The number of aliphatic hydroxyl groups excluding tert-OH is 2. The predicted molar refractivity (Wildman–Crippen MR) is 304 cm³/mol. The zero-order valence-corrected chi connectivity index (χ0v) is 45.9. The third-order valence-electron chi connectivity index (χ3n) is 14.0. The van der Waals surface area contributed by atoms with Crippen molar-refractivity contribution in [2.24, 2.45) is 0 Å². The smallest absolute Gasteiger partial charge is 0.220 e. The summed E-state index contributed by atoms with van der Waals surface area (Å²) in [4.78, 5) is 12.5. The van der Waals surface area contributed by atoms with E-state index in [1.165, 1.54) is 257 Å². The fraction of sp³-hybridized carbons (Fsp3) is 0.828. The maximum atomic E-state index is 12.5. The van der Waals surface area contributed by atoms with Gasteiger partial charge in [-0.05, 0) is 70.6 Å². The topological polar surface area (TPSA) is 69.6 Å². The summed E-state index contributed by atoms with van der Waals surface area (Å²) in [6.07, 6.45) is 84.0. The Kier molecular flexibility index (Phi) is 57.7. The van der Waals surface area contributed by atoms with Crippen molar-refractivity contribution >= 4 is 5.91 Å². The van der Waals surface area contributed by atoms with Gasteiger partial charge in [-0.3, -0.25) is 4.79 Å². The van der Waals surface area contributed by atoms with Crippen LogP contribution in [0.4, 0.5) is 0 Å². The van der Waals surface area contributed by atoms with E-state index in [2.05, 4.69) is 67.8 Å². The highest BCUT2D eigenvalue weighted by Crippen LogP contribution is 2.17. The molecule has 0 saturated carbocycles. The van der Waals surface area contributed by atoms with Crippen LogP contribution >= 0.6 is 0 Å². The Morgan fingerprint density at radius 3 is 0.956 bits per heavy atom. The van der Waals surface area contributed by atoms with Crippen molar-refractivity contribution in [3.8, 4) is 0 Å². The quantitative estimate of drug-likeness (QED) is 0.0420. The Balaban J connectivity index is 3.52. The first-order chi connectivity index (χ1) is 33.7. The molecule has 0 aromatic rings. The molecule has 2 unspecified atom stereocenters. The molecule has 0 radical (unpaired) electrons. The van der Waals surface area contributed by atoms with Gasteiger partial charge in [0.2, 0.25) is 5.91 Å². The first-order valence-corrected chi connectivity index (χ1v) is 30.5. The van der Waals surface area contributed by atoms with E-state index in [0.29, 0.717) is 6.42 Å². The minimum Gasteiger partial charge on any atom is -0.394 e. The van der Waals surface area contributed by atoms with Gasteiger partial charge in [0.15, 0.2) is 0 Å². The molecule has 0 bridgehead atoms. The van der Waals surface area contributed by atoms with E-state index in [-0.39, 0.29) is 12.5 Å². The maximum absolute atomic E-state index is 12.5. The van der Waals surface area contributed by atoms with Crippen molar-refractivity contribution in [3.05, 3.63) is 60.8 Å². The normalized spacial score (nSPS) is 13.2. The second kappa shape index (κ2) is 59.4. The van der Waals surface area contributed by atoms with Crippen LogP contribution in [0.1, 0.15) is 322 Å². The van der Waals surface area contributed by atoms with E-state index in [0.717, 1.165) is 44.9 Å². The highest BCUT2D eigenvalue weighted by molar-refractivity contribution is 5.76. The molecule has 0 spiro atoms. The van der Waals surface area contributed by atoms with Gasteiger partial charge in [0.1, 0.15) is 0 Å². The Hall–Kier alpha value is -1.91. The van der Waals surface area contributed by atoms with Gasteiger partial charge < -0.3 is 15.5 Å². The third kappa shape index (κ3) is 55.0. The number of hydrogen-bond acceptors (Lipinski definition) is 3. The van der Waals surface area contributed by atoms with Gasteiger partial charge in [-0.15, -0.1) is 0 Å². The van der Waals surface area contributed by atoms with Crippen molar-refractivity contribution in [1.82, 2.24) is 5.32 Å². The monoisotopic (exact) mass is 950 g/mol. The lowest BCUT2D eigenvalue weighted by Gasteiger charge is -2.19. The molecule has 0 heterocycles. The summed E-state index contributed by atoms with van der Waals surface area (Å²) in [5.74, 6) is -0.0719. The van der Waals surface area contributed by atoms with Crippen LogP contribution in [0.2, 0.25) is 0 Å². The maximum Gasteiger partial charge on any atom is 0.220 e. The summed E-state index contributed by atoms with van der Waals surface area (Å²) in [5, 5.41) is 23.2. The van der Waals surface area contributed by atoms with E-state index < -0.39 is 12.1 Å². The molecule has 0 aliphatic carbocycles. The van der Waals surface area contributed by atoms with Crippen LogP contribution in [0, 0.1) is 0 Å². The molecular formula is C64H119NO3. The molecule has 1 amide bonds. The van der Waals surface area contributed by atoms with Gasteiger partial charge in [-0.25, -0.2) is 0 Å². The Morgan fingerprint density at radius 1 is 0.353 bits per heavy atom. The zero-order chi connectivity index (χ0) is 49.2. The largest absolute Gasteiger partial charge is 0.394 e. The number of carbonyl (C=O) groups is 1. The zero-order valence-electron chi connectivity index (χ0n) is 45.9. The molecular weight excluding hydrogens is 831 g/mol. The second-order valence-electron chi connectivity index (χ2n) is 20.8. The highest BCUT2D eigenvalue weighted by atomic mass is 16.3. The van der Waals surface area contributed by atoms with Crippen molar-refractivity contribution in [1.29, 1.82) is 0 Å². The molecule has 0 aromatic heterocycles. The summed E-state index contributed by atoms with van der Waals surface area (Å²) in [5.41, 5.74) is 0. The first kappa shape index (κ1) is 66.1. The van der Waals surface area contributed by atoms with Crippen LogP contribution in [0.5, 0.6) is 0 Å². The van der Waals surface area contributed by atoms with Crippen LogP contribution in [0.3, 0.4) is 0 Å². The fourth-order valence-electron chi connectivity index (χ4n) is 9.32. The lowest BCUT2D eigenvalue weighted by Crippen LogP contribution is -2.45. The second-order valence-corrected chi connectivity index (χ2v) is 20.8. The molecule has 0 rings (SSSR count). The number of aliphatic hydroxyl groups is 2. The number of amides is 1. The summed E-state index contributed by atoms with van der Waals surface area (Å²) in [6, 6.07) is -0.643. The number of carbonyl (C=O) groups excluding carboxylic acids is 1. The van der Waals surface area contributed by atoms with Crippen molar-refractivity contribution in [2.75, 3.05) is 6.61 Å². The van der Waals surface area contributed by atoms with Crippen LogP contribution in [0.25, 0.3) is 0 Å². The molecule has 398 valence electrons. The van der Waals surface area contributed by atoms with Crippen molar-refractivity contribution < 1.29 is 15.0 Å². The summed E-state index contributed by atoms with van der Waals surface area (Å²) in [7, 11) is 0. The predicted octanol–water partition coefficient (Wildman–Crippen LogP) is 20.4. The van der Waals surface area contributed by atoms with E-state index in [9.17, 15) is 15.0 Å². The molecule has 0 aliphatic rings.